The summed E-state index contributed by atoms with van der Waals surface area (Å²) in [5.74, 6) is -1.09. The highest BCUT2D eigenvalue weighted by Crippen LogP contribution is 2.23. The lowest BCUT2D eigenvalue weighted by Gasteiger charge is -2.26. The van der Waals surface area contributed by atoms with E-state index in [2.05, 4.69) is 26.0 Å². The third kappa shape index (κ3) is 8.43. The van der Waals surface area contributed by atoms with Gasteiger partial charge in [-0.05, 0) is 49.4 Å². The number of carbonyl (C=O) groups is 3. The van der Waals surface area contributed by atoms with Crippen molar-refractivity contribution < 1.29 is 27.2 Å². The molecule has 3 amide bonds. The van der Waals surface area contributed by atoms with Crippen molar-refractivity contribution in [1.29, 1.82) is 0 Å². The van der Waals surface area contributed by atoms with Crippen LogP contribution in [0.25, 0.3) is 11.1 Å². The van der Waals surface area contributed by atoms with Gasteiger partial charge in [0.2, 0.25) is 27.7 Å². The predicted octanol–water partition coefficient (Wildman–Crippen LogP) is 1.56. The first-order chi connectivity index (χ1) is 23.3. The second-order valence-corrected chi connectivity index (χ2v) is 14.4. The Labute approximate surface area is 284 Å². The average Bonchev–Trinajstić information content (AvgIpc) is 3.56. The maximum atomic E-state index is 13.9. The highest BCUT2D eigenvalue weighted by Gasteiger charge is 2.30. The van der Waals surface area contributed by atoms with E-state index in [4.69, 9.17) is 4.42 Å². The molecule has 1 aliphatic rings. The summed E-state index contributed by atoms with van der Waals surface area (Å²) in [4.78, 5) is 56.7. The first kappa shape index (κ1) is 35.5. The molecule has 49 heavy (non-hydrogen) atoms. The topological polar surface area (TPSA) is 191 Å². The molecular formula is C33H42N8O7S. The van der Waals surface area contributed by atoms with Crippen molar-refractivity contribution in [3.63, 3.8) is 0 Å². The Morgan fingerprint density at radius 3 is 2.45 bits per heavy atom. The van der Waals surface area contributed by atoms with E-state index in [1.807, 2.05) is 44.2 Å². The molecule has 1 aliphatic heterocycles. The van der Waals surface area contributed by atoms with Gasteiger partial charge in [0.15, 0.2) is 11.4 Å². The van der Waals surface area contributed by atoms with E-state index in [1.54, 1.807) is 6.92 Å². The minimum Gasteiger partial charge on any atom is -0.408 e. The number of nitrogens with zero attached hydrogens (tertiary/aromatic N) is 5. The molecular weight excluding hydrogens is 652 g/mol. The lowest BCUT2D eigenvalue weighted by molar-refractivity contribution is -0.129. The van der Waals surface area contributed by atoms with Gasteiger partial charge < -0.3 is 20.4 Å². The minimum absolute atomic E-state index is 0.00137. The number of aryl methyl sites for hydroxylation is 2. The van der Waals surface area contributed by atoms with Gasteiger partial charge in [-0.25, -0.2) is 22.9 Å². The number of sulfonamides is 1. The van der Waals surface area contributed by atoms with Crippen LogP contribution in [-0.2, 0) is 44.4 Å². The molecule has 5 rings (SSSR count). The van der Waals surface area contributed by atoms with E-state index in [0.29, 0.717) is 17.2 Å². The fourth-order valence-electron chi connectivity index (χ4n) is 5.79. The molecule has 0 radical (unpaired) electrons. The molecule has 2 atom stereocenters. The van der Waals surface area contributed by atoms with E-state index in [0.717, 1.165) is 5.56 Å². The van der Waals surface area contributed by atoms with E-state index in [1.165, 1.54) is 38.8 Å². The summed E-state index contributed by atoms with van der Waals surface area (Å²) < 4.78 is 36.9. The van der Waals surface area contributed by atoms with E-state index in [9.17, 15) is 27.6 Å². The number of hydrogen-bond acceptors (Lipinski definition) is 9. The number of benzene rings is 2. The lowest BCUT2D eigenvalue weighted by atomic mass is 10.0. The van der Waals surface area contributed by atoms with E-state index in [-0.39, 0.29) is 74.2 Å². The van der Waals surface area contributed by atoms with Crippen molar-refractivity contribution in [2.75, 3.05) is 19.6 Å². The average molecular weight is 695 g/mol. The van der Waals surface area contributed by atoms with Gasteiger partial charge in [-0.1, -0.05) is 44.2 Å². The van der Waals surface area contributed by atoms with Gasteiger partial charge in [0.1, 0.15) is 18.4 Å². The van der Waals surface area contributed by atoms with Gasteiger partial charge >= 0.3 is 5.76 Å². The van der Waals surface area contributed by atoms with Gasteiger partial charge in [-0.2, -0.15) is 9.40 Å². The molecule has 0 saturated heterocycles. The summed E-state index contributed by atoms with van der Waals surface area (Å²) in [7, 11) is -2.60. The van der Waals surface area contributed by atoms with Crippen LogP contribution in [0.3, 0.4) is 0 Å². The predicted molar refractivity (Wildman–Crippen MR) is 180 cm³/mol. The van der Waals surface area contributed by atoms with Crippen molar-refractivity contribution >= 4 is 38.8 Å². The molecule has 0 fully saturated rings. The van der Waals surface area contributed by atoms with Crippen LogP contribution in [-0.4, -0.2) is 75.5 Å². The maximum Gasteiger partial charge on any atom is 0.419 e. The molecule has 4 aromatic rings. The van der Waals surface area contributed by atoms with Crippen molar-refractivity contribution in [1.82, 2.24) is 39.6 Å². The molecule has 0 spiro atoms. The van der Waals surface area contributed by atoms with Crippen molar-refractivity contribution in [3.8, 4) is 0 Å². The molecule has 262 valence electrons. The van der Waals surface area contributed by atoms with Crippen LogP contribution in [0.4, 0.5) is 0 Å². The fourth-order valence-corrected chi connectivity index (χ4v) is 7.32. The van der Waals surface area contributed by atoms with Crippen LogP contribution in [0.5, 0.6) is 0 Å². The molecule has 0 bridgehead atoms. The Bertz CT molecular complexity index is 1980. The lowest BCUT2D eigenvalue weighted by Crippen LogP contribution is -2.50. The zero-order chi connectivity index (χ0) is 35.3. The number of rotatable bonds is 5. The van der Waals surface area contributed by atoms with Gasteiger partial charge in [0.05, 0.1) is 16.5 Å². The van der Waals surface area contributed by atoms with E-state index >= 15 is 0 Å². The first-order valence-electron chi connectivity index (χ1n) is 16.2. The monoisotopic (exact) mass is 694 g/mol. The smallest absolute Gasteiger partial charge is 0.408 e. The Morgan fingerprint density at radius 1 is 0.980 bits per heavy atom. The van der Waals surface area contributed by atoms with Gasteiger partial charge in [0.25, 0.3) is 0 Å². The number of fused-ring (bicyclic) bond motifs is 2. The van der Waals surface area contributed by atoms with Crippen LogP contribution >= 0.6 is 0 Å². The quantitative estimate of drug-likeness (QED) is 0.278. The normalized spacial score (nSPS) is 19.5. The Kier molecular flexibility index (Phi) is 11.0. The van der Waals surface area contributed by atoms with Crippen LogP contribution in [0.15, 0.2) is 62.6 Å². The van der Waals surface area contributed by atoms with Crippen LogP contribution in [0.1, 0.15) is 56.4 Å². The summed E-state index contributed by atoms with van der Waals surface area (Å²) in [6.45, 7) is 5.60. The molecule has 15 nitrogen and oxygen atoms in total. The molecule has 3 heterocycles. The number of hydrogen-bond donors (Lipinski definition) is 3. The summed E-state index contributed by atoms with van der Waals surface area (Å²) in [5, 5.41) is 13.1. The van der Waals surface area contributed by atoms with Gasteiger partial charge in [0, 0.05) is 39.5 Å². The zero-order valence-electron chi connectivity index (χ0n) is 28.0. The van der Waals surface area contributed by atoms with Crippen LogP contribution in [0.2, 0.25) is 0 Å². The highest BCUT2D eigenvalue weighted by molar-refractivity contribution is 7.89. The van der Waals surface area contributed by atoms with Crippen LogP contribution < -0.4 is 21.7 Å². The highest BCUT2D eigenvalue weighted by atomic mass is 32.2. The summed E-state index contributed by atoms with van der Waals surface area (Å²) >= 11 is 0. The molecule has 2 aromatic heterocycles. The summed E-state index contributed by atoms with van der Waals surface area (Å²) in [6, 6.07) is 11.9. The maximum absolute atomic E-state index is 13.9. The number of carbonyl (C=O) groups excluding carboxylic acids is 3. The zero-order valence-corrected chi connectivity index (χ0v) is 28.8. The van der Waals surface area contributed by atoms with Crippen molar-refractivity contribution in [3.05, 3.63) is 76.3 Å². The van der Waals surface area contributed by atoms with E-state index < -0.39 is 39.7 Å². The molecule has 0 saturated carbocycles. The number of amides is 3. The van der Waals surface area contributed by atoms with Crippen LogP contribution in [0, 0.1) is 12.8 Å². The third-order valence-electron chi connectivity index (χ3n) is 8.40. The molecule has 16 heteroatoms. The number of oxazole rings is 1. The molecule has 2 aromatic carbocycles. The standard InChI is InChI=1S/C33H42N8O7S/c1-21(2)30-31-35-22(3)38-41(31)20-29(43)34-15-9-17-40(49(46,47)24-13-14-27-26(19-24)39(4)33(45)48-27)16-8-12-28(42)36-25(32(44)37-30)18-23-10-6-5-7-11-23/h5-7,10-11,13-14,19,21,25,30H,8-9,12,15-18,20H2,1-4H3,(H,34,43)(H,36,42)(H,37,44)/t25-,30+/m1/s1. The summed E-state index contributed by atoms with van der Waals surface area (Å²) in [6.07, 6.45) is 0.631. The molecule has 0 unspecified atom stereocenters. The van der Waals surface area contributed by atoms with Gasteiger partial charge in [-0.15, -0.1) is 0 Å². The summed E-state index contributed by atoms with van der Waals surface area (Å²) in [5.41, 5.74) is 1.42. The molecule has 3 N–H and O–H groups in total. The second kappa shape index (κ2) is 15.2. The van der Waals surface area contributed by atoms with Gasteiger partial charge in [-0.3, -0.25) is 19.0 Å². The Morgan fingerprint density at radius 2 is 1.71 bits per heavy atom. The largest absolute Gasteiger partial charge is 0.419 e. The minimum atomic E-state index is -4.09. The third-order valence-corrected chi connectivity index (χ3v) is 10.3. The Hall–Kier alpha value is -4.83. The Balaban J connectivity index is 1.44. The first-order valence-corrected chi connectivity index (χ1v) is 17.7. The number of aromatic nitrogens is 4. The molecule has 0 aliphatic carbocycles. The van der Waals surface area contributed by atoms with Crippen molar-refractivity contribution in [2.24, 2.45) is 13.0 Å². The fraction of sp³-hybridized carbons (Fsp3) is 0.455. The number of nitrogens with one attached hydrogen (secondary N) is 3. The van der Waals surface area contributed by atoms with Crippen molar-refractivity contribution in [2.45, 2.75) is 70.0 Å². The SMILES string of the molecule is Cc1nc2n(n1)CC(=O)NCCCN(S(=O)(=O)c1ccc3oc(=O)n(C)c3c1)CCCC(=O)N[C@H](Cc1ccccc1)C(=O)N[C@H]2C(C)C. The second-order valence-electron chi connectivity index (χ2n) is 12.5.